The van der Waals surface area contributed by atoms with Gasteiger partial charge in [-0.3, -0.25) is 16.0 Å². The molecular formula is C28H51N3O4. The molecule has 12 atom stereocenters. The second-order valence-electron chi connectivity index (χ2n) is 12.3. The summed E-state index contributed by atoms with van der Waals surface area (Å²) in [5, 5.41) is 23.1. The molecule has 5 rings (SSSR count). The van der Waals surface area contributed by atoms with E-state index in [0.29, 0.717) is 18.0 Å². The van der Waals surface area contributed by atoms with Gasteiger partial charge >= 0.3 is 0 Å². The van der Waals surface area contributed by atoms with E-state index in [-0.39, 0.29) is 42.7 Å². The molecule has 0 aromatic heterocycles. The zero-order valence-corrected chi connectivity index (χ0v) is 22.3. The normalized spacial score (nSPS) is 49.4. The number of methoxy groups -OCH3 is 3. The topological polar surface area (TPSA) is 84.0 Å². The summed E-state index contributed by atoms with van der Waals surface area (Å²) in [5.74, 6) is 3.13. The van der Waals surface area contributed by atoms with E-state index >= 15 is 0 Å². The van der Waals surface area contributed by atoms with E-state index in [2.05, 4.69) is 16.0 Å². The van der Waals surface area contributed by atoms with Gasteiger partial charge in [-0.1, -0.05) is 25.7 Å². The van der Waals surface area contributed by atoms with Crippen molar-refractivity contribution in [3.8, 4) is 0 Å². The summed E-state index contributed by atoms with van der Waals surface area (Å²) >= 11 is 0. The third-order valence-corrected chi connectivity index (χ3v) is 10.6. The first-order valence-corrected chi connectivity index (χ1v) is 14.6. The van der Waals surface area contributed by atoms with Gasteiger partial charge in [0, 0.05) is 39.6 Å². The Morgan fingerprint density at radius 1 is 0.543 bits per heavy atom. The number of fused-ring (bicyclic) bond motifs is 1. The van der Waals surface area contributed by atoms with E-state index in [4.69, 9.17) is 14.2 Å². The summed E-state index contributed by atoms with van der Waals surface area (Å²) in [6.07, 6.45) is 16.5. The van der Waals surface area contributed by atoms with Gasteiger partial charge in [0.05, 0.1) is 42.9 Å². The average Bonchev–Trinajstić information content (AvgIpc) is 2.91. The van der Waals surface area contributed by atoms with Crippen LogP contribution in [0.25, 0.3) is 0 Å². The minimum atomic E-state index is -0.338. The molecule has 1 heterocycles. The van der Waals surface area contributed by atoms with Crippen LogP contribution in [-0.2, 0) is 14.2 Å². The Kier molecular flexibility index (Phi) is 9.07. The smallest absolute Gasteiger partial charge is 0.0651 e. The van der Waals surface area contributed by atoms with Crippen LogP contribution in [0.2, 0.25) is 0 Å². The van der Waals surface area contributed by atoms with Gasteiger partial charge in [-0.15, -0.1) is 0 Å². The zero-order chi connectivity index (χ0) is 24.4. The number of hydrogen-bond acceptors (Lipinski definition) is 7. The average molecular weight is 494 g/mol. The SMILES string of the molecule is COC1CCC(C2NC(C3CCC4CCCCC4C3)NC(C3CCC(OC)CC3OC)N2)C(O)C1. The van der Waals surface area contributed by atoms with Gasteiger partial charge in [-0.2, -0.15) is 0 Å². The lowest BCUT2D eigenvalue weighted by Crippen LogP contribution is -2.74. The van der Waals surface area contributed by atoms with Crippen molar-refractivity contribution < 1.29 is 19.3 Å². The van der Waals surface area contributed by atoms with Crippen LogP contribution in [0.1, 0.15) is 83.5 Å². The third kappa shape index (κ3) is 5.92. The molecule has 1 saturated heterocycles. The van der Waals surface area contributed by atoms with Crippen molar-refractivity contribution in [1.29, 1.82) is 0 Å². The Morgan fingerprint density at radius 3 is 1.83 bits per heavy atom. The molecule has 202 valence electrons. The first kappa shape index (κ1) is 26.3. The van der Waals surface area contributed by atoms with E-state index < -0.39 is 0 Å². The highest BCUT2D eigenvalue weighted by Crippen LogP contribution is 2.44. The van der Waals surface area contributed by atoms with Gasteiger partial charge < -0.3 is 19.3 Å². The Hall–Kier alpha value is -0.280. The van der Waals surface area contributed by atoms with E-state index in [9.17, 15) is 5.11 Å². The lowest BCUT2D eigenvalue weighted by Gasteiger charge is -2.52. The van der Waals surface area contributed by atoms with Gasteiger partial charge in [-0.25, -0.2) is 0 Å². The highest BCUT2D eigenvalue weighted by molar-refractivity contribution is 4.99. The Bertz CT molecular complexity index is 668. The number of hydrogen-bond donors (Lipinski definition) is 4. The van der Waals surface area contributed by atoms with Crippen LogP contribution in [0.4, 0.5) is 0 Å². The molecule has 12 unspecified atom stereocenters. The van der Waals surface area contributed by atoms with Gasteiger partial charge in [0.25, 0.3) is 0 Å². The van der Waals surface area contributed by atoms with Crippen molar-refractivity contribution in [2.45, 2.75) is 126 Å². The van der Waals surface area contributed by atoms with Crippen molar-refractivity contribution in [2.24, 2.45) is 29.6 Å². The molecule has 5 fully saturated rings. The van der Waals surface area contributed by atoms with E-state index in [0.717, 1.165) is 50.4 Å². The van der Waals surface area contributed by atoms with Crippen LogP contribution < -0.4 is 16.0 Å². The molecule has 4 aliphatic carbocycles. The van der Waals surface area contributed by atoms with Gasteiger partial charge in [0.15, 0.2) is 0 Å². The molecule has 1 aliphatic heterocycles. The van der Waals surface area contributed by atoms with Gasteiger partial charge in [-0.05, 0) is 69.1 Å². The minimum Gasteiger partial charge on any atom is -0.393 e. The van der Waals surface area contributed by atoms with Crippen molar-refractivity contribution in [3.63, 3.8) is 0 Å². The summed E-state index contributed by atoms with van der Waals surface area (Å²) in [5.41, 5.74) is 0. The first-order chi connectivity index (χ1) is 17.1. The Labute approximate surface area is 212 Å². The van der Waals surface area contributed by atoms with Crippen LogP contribution in [0, 0.1) is 29.6 Å². The van der Waals surface area contributed by atoms with Crippen molar-refractivity contribution in [3.05, 3.63) is 0 Å². The predicted octanol–water partition coefficient (Wildman–Crippen LogP) is 3.36. The lowest BCUT2D eigenvalue weighted by atomic mass is 9.66. The summed E-state index contributed by atoms with van der Waals surface area (Å²) in [4.78, 5) is 0. The number of aliphatic hydroxyl groups excluding tert-OH is 1. The quantitative estimate of drug-likeness (QED) is 0.452. The molecule has 7 nitrogen and oxygen atoms in total. The lowest BCUT2D eigenvalue weighted by molar-refractivity contribution is -0.0786. The summed E-state index contributed by atoms with van der Waals surface area (Å²) in [6.45, 7) is 0. The molecule has 0 aromatic rings. The zero-order valence-electron chi connectivity index (χ0n) is 22.3. The summed E-state index contributed by atoms with van der Waals surface area (Å²) in [6, 6.07) is 0. The second-order valence-corrected chi connectivity index (χ2v) is 12.3. The van der Waals surface area contributed by atoms with Crippen LogP contribution >= 0.6 is 0 Å². The monoisotopic (exact) mass is 493 g/mol. The maximum atomic E-state index is 11.1. The molecule has 5 aliphatic rings. The second kappa shape index (κ2) is 12.1. The predicted molar refractivity (Wildman–Crippen MR) is 137 cm³/mol. The van der Waals surface area contributed by atoms with E-state index in [1.54, 1.807) is 7.11 Å². The maximum Gasteiger partial charge on any atom is 0.0651 e. The van der Waals surface area contributed by atoms with Crippen molar-refractivity contribution >= 4 is 0 Å². The molecule has 4 N–H and O–H groups in total. The summed E-state index contributed by atoms with van der Waals surface area (Å²) in [7, 11) is 5.45. The van der Waals surface area contributed by atoms with Crippen LogP contribution in [0.3, 0.4) is 0 Å². The van der Waals surface area contributed by atoms with Crippen molar-refractivity contribution in [2.75, 3.05) is 21.3 Å². The number of aliphatic hydroxyl groups is 1. The van der Waals surface area contributed by atoms with E-state index in [1.165, 1.54) is 44.9 Å². The molecule has 0 radical (unpaired) electrons. The third-order valence-electron chi connectivity index (χ3n) is 10.6. The Morgan fingerprint density at radius 2 is 1.14 bits per heavy atom. The highest BCUT2D eigenvalue weighted by Gasteiger charge is 2.46. The molecule has 35 heavy (non-hydrogen) atoms. The molecular weight excluding hydrogens is 442 g/mol. The molecule has 4 saturated carbocycles. The van der Waals surface area contributed by atoms with Crippen molar-refractivity contribution in [1.82, 2.24) is 16.0 Å². The fourth-order valence-corrected chi connectivity index (χ4v) is 8.42. The Balaban J connectivity index is 1.32. The van der Waals surface area contributed by atoms with E-state index in [1.807, 2.05) is 14.2 Å². The molecule has 0 spiro atoms. The van der Waals surface area contributed by atoms with Gasteiger partial charge in [0.1, 0.15) is 0 Å². The van der Waals surface area contributed by atoms with Crippen LogP contribution in [-0.4, -0.2) is 69.3 Å². The first-order valence-electron chi connectivity index (χ1n) is 14.6. The molecule has 0 aromatic carbocycles. The number of ether oxygens (including phenoxy) is 3. The highest BCUT2D eigenvalue weighted by atomic mass is 16.5. The maximum absolute atomic E-state index is 11.1. The molecule has 7 heteroatoms. The van der Waals surface area contributed by atoms with Crippen LogP contribution in [0.15, 0.2) is 0 Å². The number of rotatable bonds is 6. The molecule has 0 bridgehead atoms. The van der Waals surface area contributed by atoms with Gasteiger partial charge in [0.2, 0.25) is 0 Å². The minimum absolute atomic E-state index is 0.112. The largest absolute Gasteiger partial charge is 0.393 e. The standard InChI is InChI=1S/C28H51N3O4/c1-33-20-10-12-22(24(32)15-20)27-29-26(19-9-8-17-6-4-5-7-18(17)14-19)30-28(31-27)23-13-11-21(34-2)16-25(23)35-3/h17-32H,4-16H2,1-3H3. The fraction of sp³-hybridized carbons (Fsp3) is 1.00. The fourth-order valence-electron chi connectivity index (χ4n) is 8.42. The summed E-state index contributed by atoms with van der Waals surface area (Å²) < 4.78 is 17.3. The van der Waals surface area contributed by atoms with Crippen LogP contribution in [0.5, 0.6) is 0 Å². The number of nitrogens with one attached hydrogen (secondary N) is 3. The molecule has 0 amide bonds.